The SMILES string of the molecule is C=C/C=C(\CC)C1(C(=C)CNCC(=O)OC)CC1.CC.CC. The van der Waals surface area contributed by atoms with Gasteiger partial charge in [-0.25, -0.2) is 0 Å². The Morgan fingerprint density at radius 3 is 2.14 bits per heavy atom. The molecule has 0 aromatic carbocycles. The van der Waals surface area contributed by atoms with Crippen LogP contribution >= 0.6 is 0 Å². The largest absolute Gasteiger partial charge is 0.468 e. The fourth-order valence-electron chi connectivity index (χ4n) is 2.34. The fourth-order valence-corrected chi connectivity index (χ4v) is 2.34. The van der Waals surface area contributed by atoms with Crippen LogP contribution in [0.4, 0.5) is 0 Å². The van der Waals surface area contributed by atoms with E-state index in [1.54, 1.807) is 0 Å². The second-order valence-corrected chi connectivity index (χ2v) is 4.65. The van der Waals surface area contributed by atoms with Crippen LogP contribution in [0.3, 0.4) is 0 Å². The monoisotopic (exact) mass is 309 g/mol. The molecule has 0 aliphatic heterocycles. The van der Waals surface area contributed by atoms with Gasteiger partial charge in [0.2, 0.25) is 0 Å². The van der Waals surface area contributed by atoms with Crippen molar-refractivity contribution in [3.8, 4) is 0 Å². The molecule has 1 rings (SSSR count). The number of hydrogen-bond acceptors (Lipinski definition) is 3. The van der Waals surface area contributed by atoms with Gasteiger partial charge in [0.15, 0.2) is 0 Å². The van der Waals surface area contributed by atoms with Crippen LogP contribution in [-0.2, 0) is 9.53 Å². The number of hydrogen-bond donors (Lipinski definition) is 1. The van der Waals surface area contributed by atoms with E-state index >= 15 is 0 Å². The highest BCUT2D eigenvalue weighted by Gasteiger charge is 2.46. The molecule has 22 heavy (non-hydrogen) atoms. The van der Waals surface area contributed by atoms with Gasteiger partial charge in [0, 0.05) is 12.0 Å². The predicted molar refractivity (Wildman–Crippen MR) is 97.0 cm³/mol. The molecule has 0 unspecified atom stereocenters. The molecule has 0 bridgehead atoms. The Bertz CT molecular complexity index is 366. The molecule has 0 aromatic rings. The first-order valence-electron chi connectivity index (χ1n) is 8.38. The molecule has 0 atom stereocenters. The molecule has 0 heterocycles. The van der Waals surface area contributed by atoms with Crippen LogP contribution in [0.25, 0.3) is 0 Å². The van der Waals surface area contributed by atoms with Gasteiger partial charge in [0.05, 0.1) is 13.7 Å². The van der Waals surface area contributed by atoms with Crippen molar-refractivity contribution in [2.45, 2.75) is 53.9 Å². The number of ether oxygens (including phenoxy) is 1. The van der Waals surface area contributed by atoms with E-state index in [-0.39, 0.29) is 17.9 Å². The molecule has 0 amide bonds. The zero-order valence-corrected chi connectivity index (χ0v) is 15.4. The number of methoxy groups -OCH3 is 1. The molecule has 3 nitrogen and oxygen atoms in total. The molecule has 128 valence electrons. The van der Waals surface area contributed by atoms with Crippen molar-refractivity contribution < 1.29 is 9.53 Å². The molecule has 3 heteroatoms. The second kappa shape index (κ2) is 13.3. The van der Waals surface area contributed by atoms with Gasteiger partial charge in [-0.15, -0.1) is 0 Å². The lowest BCUT2D eigenvalue weighted by Gasteiger charge is -2.21. The lowest BCUT2D eigenvalue weighted by molar-refractivity contribution is -0.139. The predicted octanol–water partition coefficient (Wildman–Crippen LogP) is 4.66. The summed E-state index contributed by atoms with van der Waals surface area (Å²) in [5, 5.41) is 3.08. The molecule has 1 saturated carbocycles. The lowest BCUT2D eigenvalue weighted by atomic mass is 9.86. The number of carbonyl (C=O) groups is 1. The molecule has 0 aromatic heterocycles. The summed E-state index contributed by atoms with van der Waals surface area (Å²) >= 11 is 0. The Labute approximate surface area is 137 Å². The molecule has 0 saturated heterocycles. The number of carbonyl (C=O) groups excluding carboxylic acids is 1. The van der Waals surface area contributed by atoms with Gasteiger partial charge in [-0.2, -0.15) is 0 Å². The average Bonchev–Trinajstić information content (AvgIpc) is 3.37. The van der Waals surface area contributed by atoms with Gasteiger partial charge >= 0.3 is 5.97 Å². The Morgan fingerprint density at radius 2 is 1.77 bits per heavy atom. The number of allylic oxidation sites excluding steroid dienone is 3. The molecule has 0 radical (unpaired) electrons. The van der Waals surface area contributed by atoms with Gasteiger partial charge in [-0.3, -0.25) is 4.79 Å². The van der Waals surface area contributed by atoms with Crippen LogP contribution in [0, 0.1) is 5.41 Å². The van der Waals surface area contributed by atoms with Gasteiger partial charge < -0.3 is 10.1 Å². The summed E-state index contributed by atoms with van der Waals surface area (Å²) in [7, 11) is 1.39. The highest BCUT2D eigenvalue weighted by atomic mass is 16.5. The minimum absolute atomic E-state index is 0.145. The molecule has 1 fully saturated rings. The van der Waals surface area contributed by atoms with Crippen molar-refractivity contribution in [3.63, 3.8) is 0 Å². The van der Waals surface area contributed by atoms with E-state index in [9.17, 15) is 4.79 Å². The third kappa shape index (κ3) is 7.08. The van der Waals surface area contributed by atoms with Gasteiger partial charge in [0.25, 0.3) is 0 Å². The van der Waals surface area contributed by atoms with Crippen LogP contribution in [0.2, 0.25) is 0 Å². The van der Waals surface area contributed by atoms with Crippen molar-refractivity contribution in [2.24, 2.45) is 5.41 Å². The molecule has 0 spiro atoms. The Balaban J connectivity index is 0. The fraction of sp³-hybridized carbons (Fsp3) is 0.632. The van der Waals surface area contributed by atoms with Crippen LogP contribution in [0.1, 0.15) is 53.9 Å². The topological polar surface area (TPSA) is 38.3 Å². The van der Waals surface area contributed by atoms with Crippen LogP contribution in [0.15, 0.2) is 36.5 Å². The smallest absolute Gasteiger partial charge is 0.319 e. The third-order valence-electron chi connectivity index (χ3n) is 3.58. The van der Waals surface area contributed by atoms with E-state index in [4.69, 9.17) is 0 Å². The lowest BCUT2D eigenvalue weighted by Crippen LogP contribution is -2.28. The van der Waals surface area contributed by atoms with Crippen LogP contribution in [-0.4, -0.2) is 26.2 Å². The molecule has 1 N–H and O–H groups in total. The quantitative estimate of drug-likeness (QED) is 0.402. The van der Waals surface area contributed by atoms with Crippen molar-refractivity contribution >= 4 is 5.97 Å². The van der Waals surface area contributed by atoms with Crippen LogP contribution in [0.5, 0.6) is 0 Å². The first-order chi connectivity index (χ1) is 10.6. The van der Waals surface area contributed by atoms with E-state index in [1.165, 1.54) is 12.7 Å². The zero-order chi connectivity index (χ0) is 17.6. The normalized spacial score (nSPS) is 14.5. The van der Waals surface area contributed by atoms with E-state index in [2.05, 4.69) is 36.2 Å². The maximum Gasteiger partial charge on any atom is 0.319 e. The van der Waals surface area contributed by atoms with E-state index < -0.39 is 0 Å². The van der Waals surface area contributed by atoms with Crippen molar-refractivity contribution in [2.75, 3.05) is 20.2 Å². The first kappa shape index (κ1) is 22.9. The number of rotatable bonds is 8. The third-order valence-corrected chi connectivity index (χ3v) is 3.58. The summed E-state index contributed by atoms with van der Waals surface area (Å²) < 4.78 is 4.58. The van der Waals surface area contributed by atoms with Gasteiger partial charge in [0.1, 0.15) is 0 Å². The van der Waals surface area contributed by atoms with E-state index in [0.29, 0.717) is 6.54 Å². The Hall–Kier alpha value is -1.35. The molecule has 1 aliphatic carbocycles. The summed E-state index contributed by atoms with van der Waals surface area (Å²) in [5.41, 5.74) is 2.69. The van der Waals surface area contributed by atoms with E-state index in [1.807, 2.05) is 33.8 Å². The molecular weight excluding hydrogens is 274 g/mol. The van der Waals surface area contributed by atoms with Crippen molar-refractivity contribution in [1.29, 1.82) is 0 Å². The average molecular weight is 309 g/mol. The number of nitrogens with one attached hydrogen (secondary N) is 1. The highest BCUT2D eigenvalue weighted by molar-refractivity contribution is 5.71. The summed E-state index contributed by atoms with van der Waals surface area (Å²) in [5.74, 6) is -0.245. The summed E-state index contributed by atoms with van der Waals surface area (Å²) in [6.07, 6.45) is 7.26. The van der Waals surface area contributed by atoms with Crippen molar-refractivity contribution in [1.82, 2.24) is 5.32 Å². The summed E-state index contributed by atoms with van der Waals surface area (Å²) in [6.45, 7) is 19.0. The Morgan fingerprint density at radius 1 is 1.23 bits per heavy atom. The highest BCUT2D eigenvalue weighted by Crippen LogP contribution is 2.57. The minimum Gasteiger partial charge on any atom is -0.468 e. The summed E-state index contributed by atoms with van der Waals surface area (Å²) in [6, 6.07) is 0. The second-order valence-electron chi connectivity index (χ2n) is 4.65. The molecular formula is C19H35NO2. The van der Waals surface area contributed by atoms with E-state index in [0.717, 1.165) is 24.8 Å². The standard InChI is InChI=1S/C15H23NO2.2C2H6/c1-5-7-13(6-2)15(8-9-15)12(3)10-16-11-14(17)18-4;2*1-2/h5,7,16H,1,3,6,8-11H2,2,4H3;2*1-2H3/b13-7+;;. The molecule has 1 aliphatic rings. The Kier molecular flexibility index (Phi) is 13.9. The van der Waals surface area contributed by atoms with Crippen molar-refractivity contribution in [3.05, 3.63) is 36.5 Å². The number of esters is 1. The maximum absolute atomic E-state index is 11.0. The first-order valence-corrected chi connectivity index (χ1v) is 8.38. The minimum atomic E-state index is -0.245. The summed E-state index contributed by atoms with van der Waals surface area (Å²) in [4.78, 5) is 11.0. The van der Waals surface area contributed by atoms with Crippen LogP contribution < -0.4 is 5.32 Å². The van der Waals surface area contributed by atoms with Gasteiger partial charge in [-0.05, 0) is 19.3 Å². The zero-order valence-electron chi connectivity index (χ0n) is 15.4. The van der Waals surface area contributed by atoms with Gasteiger partial charge in [-0.1, -0.05) is 71.1 Å². The maximum atomic E-state index is 11.0.